The van der Waals surface area contributed by atoms with E-state index in [4.69, 9.17) is 16.9 Å². The number of anilines is 1. The Morgan fingerprint density at radius 3 is 3.12 bits per heavy atom. The summed E-state index contributed by atoms with van der Waals surface area (Å²) in [5, 5.41) is 13.0. The van der Waals surface area contributed by atoms with Crippen molar-refractivity contribution in [2.45, 2.75) is 13.5 Å². The molecule has 0 spiro atoms. The SMILES string of the molecule is Cc1cnccc1CNc1snc(Cl)c1C#N. The van der Waals surface area contributed by atoms with Crippen LogP contribution >= 0.6 is 23.1 Å². The third-order valence-corrected chi connectivity index (χ3v) is 3.52. The van der Waals surface area contributed by atoms with E-state index in [9.17, 15) is 0 Å². The number of aromatic nitrogens is 2. The number of aryl methyl sites for hydroxylation is 1. The van der Waals surface area contributed by atoms with Gasteiger partial charge in [-0.1, -0.05) is 11.6 Å². The molecule has 4 nitrogen and oxygen atoms in total. The van der Waals surface area contributed by atoms with Crippen molar-refractivity contribution in [2.24, 2.45) is 0 Å². The number of pyridine rings is 1. The molecular weight excluding hydrogens is 256 g/mol. The van der Waals surface area contributed by atoms with Gasteiger partial charge in [0, 0.05) is 18.9 Å². The van der Waals surface area contributed by atoms with Crippen molar-refractivity contribution in [1.82, 2.24) is 9.36 Å². The lowest BCUT2D eigenvalue weighted by atomic mass is 10.1. The second-order valence-corrected chi connectivity index (χ2v) is 4.58. The first-order valence-electron chi connectivity index (χ1n) is 4.91. The number of hydrogen-bond donors (Lipinski definition) is 1. The molecule has 86 valence electrons. The molecule has 0 unspecified atom stereocenters. The number of nitrogens with zero attached hydrogens (tertiary/aromatic N) is 3. The fourth-order valence-corrected chi connectivity index (χ4v) is 2.29. The summed E-state index contributed by atoms with van der Waals surface area (Å²) >= 11 is 6.98. The van der Waals surface area contributed by atoms with Gasteiger partial charge in [-0.15, -0.1) is 0 Å². The molecule has 2 rings (SSSR count). The van der Waals surface area contributed by atoms with Gasteiger partial charge in [-0.3, -0.25) is 4.98 Å². The summed E-state index contributed by atoms with van der Waals surface area (Å²) in [6, 6.07) is 3.98. The molecule has 0 aromatic carbocycles. The van der Waals surface area contributed by atoms with Gasteiger partial charge < -0.3 is 5.32 Å². The molecule has 0 atom stereocenters. The Morgan fingerprint density at radius 1 is 1.59 bits per heavy atom. The van der Waals surface area contributed by atoms with Crippen molar-refractivity contribution in [3.63, 3.8) is 0 Å². The maximum Gasteiger partial charge on any atom is 0.162 e. The first-order chi connectivity index (χ1) is 8.22. The summed E-state index contributed by atoms with van der Waals surface area (Å²) in [5.41, 5.74) is 2.64. The van der Waals surface area contributed by atoms with Crippen LogP contribution in [0.5, 0.6) is 0 Å². The predicted molar refractivity (Wildman–Crippen MR) is 68.1 cm³/mol. The summed E-state index contributed by atoms with van der Waals surface area (Å²) in [6.07, 6.45) is 3.55. The van der Waals surface area contributed by atoms with E-state index in [1.54, 1.807) is 6.20 Å². The summed E-state index contributed by atoms with van der Waals surface area (Å²) in [7, 11) is 0. The van der Waals surface area contributed by atoms with E-state index in [1.807, 2.05) is 25.3 Å². The molecule has 2 heterocycles. The number of hydrogen-bond acceptors (Lipinski definition) is 5. The van der Waals surface area contributed by atoms with Crippen molar-refractivity contribution in [2.75, 3.05) is 5.32 Å². The van der Waals surface area contributed by atoms with Crippen molar-refractivity contribution in [3.05, 3.63) is 40.3 Å². The first kappa shape index (κ1) is 11.8. The molecule has 1 N–H and O–H groups in total. The van der Waals surface area contributed by atoms with Gasteiger partial charge in [0.05, 0.1) is 0 Å². The highest BCUT2D eigenvalue weighted by molar-refractivity contribution is 7.10. The lowest BCUT2D eigenvalue weighted by Crippen LogP contribution is -2.01. The van der Waals surface area contributed by atoms with E-state index in [2.05, 4.69) is 14.7 Å². The van der Waals surface area contributed by atoms with Gasteiger partial charge in [0.25, 0.3) is 0 Å². The molecule has 0 aliphatic heterocycles. The van der Waals surface area contributed by atoms with Crippen LogP contribution in [0.15, 0.2) is 18.5 Å². The van der Waals surface area contributed by atoms with Gasteiger partial charge in [0.15, 0.2) is 5.15 Å². The summed E-state index contributed by atoms with van der Waals surface area (Å²) in [6.45, 7) is 2.62. The Morgan fingerprint density at radius 2 is 2.41 bits per heavy atom. The zero-order valence-electron chi connectivity index (χ0n) is 9.07. The van der Waals surface area contributed by atoms with Gasteiger partial charge in [0.1, 0.15) is 16.6 Å². The second kappa shape index (κ2) is 5.13. The Hall–Kier alpha value is -1.64. The highest BCUT2D eigenvalue weighted by Crippen LogP contribution is 2.27. The third-order valence-electron chi connectivity index (χ3n) is 2.34. The third kappa shape index (κ3) is 2.54. The average Bonchev–Trinajstić information content (AvgIpc) is 2.69. The molecule has 0 amide bonds. The molecule has 2 aromatic rings. The smallest absolute Gasteiger partial charge is 0.162 e. The standard InChI is InChI=1S/C11H9ClN4S/c1-7-5-14-3-2-8(7)6-15-11-9(4-13)10(12)16-17-11/h2-3,5,15H,6H2,1H3. The van der Waals surface area contributed by atoms with Gasteiger partial charge in [-0.25, -0.2) is 0 Å². The predicted octanol–water partition coefficient (Wildman–Crippen LogP) is 2.98. The zero-order chi connectivity index (χ0) is 12.3. The second-order valence-electron chi connectivity index (χ2n) is 3.45. The van der Waals surface area contributed by atoms with Crippen molar-refractivity contribution < 1.29 is 0 Å². The Bertz CT molecular complexity index is 573. The molecule has 0 fully saturated rings. The fourth-order valence-electron chi connectivity index (χ4n) is 1.36. The van der Waals surface area contributed by atoms with E-state index in [1.165, 1.54) is 11.5 Å². The fraction of sp³-hybridized carbons (Fsp3) is 0.182. The molecule has 6 heteroatoms. The van der Waals surface area contributed by atoms with Crippen LogP contribution in [0.25, 0.3) is 0 Å². The molecule has 0 bridgehead atoms. The minimum atomic E-state index is 0.256. The lowest BCUT2D eigenvalue weighted by Gasteiger charge is -2.06. The quantitative estimate of drug-likeness (QED) is 0.926. The van der Waals surface area contributed by atoms with Gasteiger partial charge in [-0.2, -0.15) is 9.64 Å². The monoisotopic (exact) mass is 264 g/mol. The van der Waals surface area contributed by atoms with Crippen LogP contribution in [0.4, 0.5) is 5.00 Å². The molecule has 2 aromatic heterocycles. The van der Waals surface area contributed by atoms with Gasteiger partial charge >= 0.3 is 0 Å². The maximum atomic E-state index is 8.92. The zero-order valence-corrected chi connectivity index (χ0v) is 10.6. The minimum absolute atomic E-state index is 0.256. The number of nitriles is 1. The highest BCUT2D eigenvalue weighted by atomic mass is 35.5. The lowest BCUT2D eigenvalue weighted by molar-refractivity contribution is 1.10. The van der Waals surface area contributed by atoms with E-state index < -0.39 is 0 Å². The molecule has 0 saturated carbocycles. The summed E-state index contributed by atoms with van der Waals surface area (Å²) in [4.78, 5) is 4.03. The molecule has 0 aliphatic carbocycles. The first-order valence-corrected chi connectivity index (χ1v) is 6.06. The van der Waals surface area contributed by atoms with Crippen LogP contribution in [0.1, 0.15) is 16.7 Å². The van der Waals surface area contributed by atoms with Crippen LogP contribution in [-0.4, -0.2) is 9.36 Å². The number of rotatable bonds is 3. The Kier molecular flexibility index (Phi) is 3.57. The summed E-state index contributed by atoms with van der Waals surface area (Å²) in [5.74, 6) is 0. The molecule has 0 aliphatic rings. The minimum Gasteiger partial charge on any atom is -0.370 e. The Balaban J connectivity index is 2.13. The van der Waals surface area contributed by atoms with Crippen LogP contribution in [-0.2, 0) is 6.54 Å². The van der Waals surface area contributed by atoms with Crippen LogP contribution in [0.2, 0.25) is 5.15 Å². The molecule has 0 radical (unpaired) electrons. The van der Waals surface area contributed by atoms with E-state index in [-0.39, 0.29) is 5.15 Å². The van der Waals surface area contributed by atoms with Crippen LogP contribution in [0.3, 0.4) is 0 Å². The molecular formula is C11H9ClN4S. The van der Waals surface area contributed by atoms with Crippen LogP contribution < -0.4 is 5.32 Å². The van der Waals surface area contributed by atoms with Crippen LogP contribution in [0, 0.1) is 18.3 Å². The summed E-state index contributed by atoms with van der Waals surface area (Å²) < 4.78 is 3.93. The van der Waals surface area contributed by atoms with Crippen molar-refractivity contribution in [1.29, 1.82) is 5.26 Å². The van der Waals surface area contributed by atoms with Crippen molar-refractivity contribution in [3.8, 4) is 6.07 Å². The van der Waals surface area contributed by atoms with E-state index in [0.717, 1.165) is 11.1 Å². The normalized spacial score (nSPS) is 9.94. The Labute approximate surface area is 108 Å². The van der Waals surface area contributed by atoms with Crippen molar-refractivity contribution >= 4 is 28.1 Å². The average molecular weight is 265 g/mol. The van der Waals surface area contributed by atoms with Gasteiger partial charge in [-0.05, 0) is 35.6 Å². The maximum absolute atomic E-state index is 8.92. The topological polar surface area (TPSA) is 61.6 Å². The van der Waals surface area contributed by atoms with Gasteiger partial charge in [0.2, 0.25) is 0 Å². The molecule has 17 heavy (non-hydrogen) atoms. The molecule has 0 saturated heterocycles. The largest absolute Gasteiger partial charge is 0.370 e. The number of nitrogens with one attached hydrogen (secondary N) is 1. The van der Waals surface area contributed by atoms with E-state index in [0.29, 0.717) is 17.1 Å². The highest BCUT2D eigenvalue weighted by Gasteiger charge is 2.11. The number of halogens is 1. The van der Waals surface area contributed by atoms with E-state index >= 15 is 0 Å².